The first kappa shape index (κ1) is 22.1. The van der Waals surface area contributed by atoms with Crippen LogP contribution in [0.4, 0.5) is 0 Å². The second kappa shape index (κ2) is 11.0. The predicted octanol–water partition coefficient (Wildman–Crippen LogP) is 7.34. The Morgan fingerprint density at radius 2 is 1.79 bits per heavy atom. The highest BCUT2D eigenvalue weighted by Gasteiger charge is 2.27. The SMILES string of the molecule is CC1=C(CCCO)CC(CC(C)CC2C=CC=CC2)C(C)C=C1C1C=CC=CC1. The maximum absolute atomic E-state index is 9.44. The molecule has 0 aromatic rings. The summed E-state index contributed by atoms with van der Waals surface area (Å²) < 4.78 is 0. The van der Waals surface area contributed by atoms with Gasteiger partial charge >= 0.3 is 0 Å². The highest BCUT2D eigenvalue weighted by atomic mass is 16.2. The summed E-state index contributed by atoms with van der Waals surface area (Å²) in [4.78, 5) is 0. The Morgan fingerprint density at radius 1 is 1.03 bits per heavy atom. The van der Waals surface area contributed by atoms with Gasteiger partial charge < -0.3 is 5.11 Å². The van der Waals surface area contributed by atoms with E-state index in [0.717, 1.165) is 25.2 Å². The Morgan fingerprint density at radius 3 is 2.45 bits per heavy atom. The third kappa shape index (κ3) is 6.19. The summed E-state index contributed by atoms with van der Waals surface area (Å²) in [5, 5.41) is 9.44. The molecule has 1 N–H and O–H groups in total. The van der Waals surface area contributed by atoms with Crippen molar-refractivity contribution in [3.05, 3.63) is 71.4 Å². The van der Waals surface area contributed by atoms with Crippen LogP contribution in [0.5, 0.6) is 0 Å². The monoisotopic (exact) mass is 392 g/mol. The van der Waals surface area contributed by atoms with E-state index < -0.39 is 0 Å². The average molecular weight is 393 g/mol. The van der Waals surface area contributed by atoms with Crippen molar-refractivity contribution in [1.82, 2.24) is 0 Å². The molecule has 0 heterocycles. The van der Waals surface area contributed by atoms with Crippen molar-refractivity contribution in [2.75, 3.05) is 6.61 Å². The summed E-state index contributed by atoms with van der Waals surface area (Å²) in [6.45, 7) is 7.51. The van der Waals surface area contributed by atoms with Crippen LogP contribution in [0, 0.1) is 29.6 Å². The molecule has 0 saturated carbocycles. The first-order valence-corrected chi connectivity index (χ1v) is 11.8. The van der Waals surface area contributed by atoms with Gasteiger partial charge in [0, 0.05) is 12.5 Å². The van der Waals surface area contributed by atoms with E-state index >= 15 is 0 Å². The molecule has 0 spiro atoms. The molecule has 0 aromatic carbocycles. The fraction of sp³-hybridized carbons (Fsp3) is 0.571. The highest BCUT2D eigenvalue weighted by molar-refractivity contribution is 5.41. The fourth-order valence-electron chi connectivity index (χ4n) is 5.43. The van der Waals surface area contributed by atoms with Crippen molar-refractivity contribution in [1.29, 1.82) is 0 Å². The van der Waals surface area contributed by atoms with E-state index in [1.165, 1.54) is 31.3 Å². The zero-order valence-electron chi connectivity index (χ0n) is 18.7. The van der Waals surface area contributed by atoms with Crippen molar-refractivity contribution in [3.63, 3.8) is 0 Å². The summed E-state index contributed by atoms with van der Waals surface area (Å²) in [6.07, 6.45) is 28.8. The van der Waals surface area contributed by atoms with Gasteiger partial charge in [-0.3, -0.25) is 0 Å². The van der Waals surface area contributed by atoms with E-state index in [0.29, 0.717) is 30.3 Å². The predicted molar refractivity (Wildman–Crippen MR) is 126 cm³/mol. The van der Waals surface area contributed by atoms with E-state index in [4.69, 9.17) is 0 Å². The van der Waals surface area contributed by atoms with Crippen LogP contribution in [0.15, 0.2) is 71.4 Å². The molecule has 1 heteroatoms. The quantitative estimate of drug-likeness (QED) is 0.458. The van der Waals surface area contributed by atoms with Crippen molar-refractivity contribution in [2.24, 2.45) is 29.6 Å². The van der Waals surface area contributed by atoms with Crippen LogP contribution in [-0.2, 0) is 0 Å². The molecule has 158 valence electrons. The minimum absolute atomic E-state index is 0.292. The van der Waals surface area contributed by atoms with Crippen molar-refractivity contribution in [3.8, 4) is 0 Å². The lowest BCUT2D eigenvalue weighted by atomic mass is 9.78. The molecular weight excluding hydrogens is 352 g/mol. The molecule has 0 fully saturated rings. The summed E-state index contributed by atoms with van der Waals surface area (Å²) in [5.41, 5.74) is 4.64. The molecule has 3 aliphatic rings. The van der Waals surface area contributed by atoms with Crippen LogP contribution in [0.3, 0.4) is 0 Å². The van der Waals surface area contributed by atoms with Crippen LogP contribution in [0.25, 0.3) is 0 Å². The van der Waals surface area contributed by atoms with E-state index in [2.05, 4.69) is 75.5 Å². The van der Waals surface area contributed by atoms with Gasteiger partial charge in [-0.1, -0.05) is 74.1 Å². The van der Waals surface area contributed by atoms with Crippen LogP contribution >= 0.6 is 0 Å². The Bertz CT molecular complexity index is 715. The number of allylic oxidation sites excluding steroid dienone is 12. The maximum atomic E-state index is 9.44. The molecule has 29 heavy (non-hydrogen) atoms. The number of rotatable bonds is 8. The lowest BCUT2D eigenvalue weighted by Gasteiger charge is -2.27. The van der Waals surface area contributed by atoms with E-state index in [1.807, 2.05) is 0 Å². The van der Waals surface area contributed by atoms with Gasteiger partial charge in [0.25, 0.3) is 0 Å². The topological polar surface area (TPSA) is 20.2 Å². The van der Waals surface area contributed by atoms with Gasteiger partial charge in [0.1, 0.15) is 0 Å². The fourth-order valence-corrected chi connectivity index (χ4v) is 5.43. The summed E-state index contributed by atoms with van der Waals surface area (Å²) >= 11 is 0. The van der Waals surface area contributed by atoms with Gasteiger partial charge in [-0.2, -0.15) is 0 Å². The highest BCUT2D eigenvalue weighted by Crippen LogP contribution is 2.41. The Kier molecular flexibility index (Phi) is 8.36. The zero-order chi connectivity index (χ0) is 20.6. The molecular formula is C28H40O. The molecule has 0 bridgehead atoms. The van der Waals surface area contributed by atoms with Gasteiger partial charge in [0.05, 0.1) is 0 Å². The lowest BCUT2D eigenvalue weighted by molar-refractivity contribution is 0.280. The molecule has 5 unspecified atom stereocenters. The van der Waals surface area contributed by atoms with E-state index in [9.17, 15) is 5.11 Å². The Labute approximate surface area is 178 Å². The Hall–Kier alpha value is -1.60. The van der Waals surface area contributed by atoms with Gasteiger partial charge in [-0.25, -0.2) is 0 Å². The number of hydrogen-bond acceptors (Lipinski definition) is 1. The average Bonchev–Trinajstić information content (AvgIpc) is 2.85. The van der Waals surface area contributed by atoms with E-state index in [1.54, 1.807) is 11.1 Å². The van der Waals surface area contributed by atoms with Crippen LogP contribution < -0.4 is 0 Å². The van der Waals surface area contributed by atoms with Gasteiger partial charge in [0.15, 0.2) is 0 Å². The zero-order valence-corrected chi connectivity index (χ0v) is 18.7. The molecule has 0 aromatic heterocycles. The lowest BCUT2D eigenvalue weighted by Crippen LogP contribution is -2.16. The smallest absolute Gasteiger partial charge is 0.0434 e. The van der Waals surface area contributed by atoms with Gasteiger partial charge in [-0.05, 0) is 86.7 Å². The third-order valence-corrected chi connectivity index (χ3v) is 7.15. The molecule has 1 nitrogen and oxygen atoms in total. The molecule has 5 atom stereocenters. The standard InChI is InChI=1S/C28H40O/c1-21(17-24-11-6-4-7-12-24)18-27-20-26(15-10-16-29)23(3)28(19-22(27)2)25-13-8-5-9-14-25/h4-9,11,13,19,21-22,24-25,27,29H,10,12,14-18,20H2,1-3H3. The molecule has 0 aliphatic heterocycles. The molecule has 0 saturated heterocycles. The normalized spacial score (nSPS) is 30.4. The molecule has 0 radical (unpaired) electrons. The second-order valence-corrected chi connectivity index (χ2v) is 9.54. The maximum Gasteiger partial charge on any atom is 0.0434 e. The van der Waals surface area contributed by atoms with Crippen LogP contribution in [0.1, 0.15) is 65.7 Å². The largest absolute Gasteiger partial charge is 0.396 e. The number of hydrogen-bond donors (Lipinski definition) is 1. The molecule has 3 aliphatic carbocycles. The summed E-state index contributed by atoms with van der Waals surface area (Å²) in [6, 6.07) is 0. The van der Waals surface area contributed by atoms with Crippen molar-refractivity contribution >= 4 is 0 Å². The minimum Gasteiger partial charge on any atom is -0.396 e. The summed E-state index contributed by atoms with van der Waals surface area (Å²) in [5.74, 6) is 3.29. The molecule has 3 rings (SSSR count). The first-order valence-electron chi connectivity index (χ1n) is 11.8. The van der Waals surface area contributed by atoms with Gasteiger partial charge in [0.2, 0.25) is 0 Å². The van der Waals surface area contributed by atoms with Crippen molar-refractivity contribution in [2.45, 2.75) is 65.7 Å². The third-order valence-electron chi connectivity index (χ3n) is 7.15. The minimum atomic E-state index is 0.292. The first-order chi connectivity index (χ1) is 14.1. The van der Waals surface area contributed by atoms with Crippen LogP contribution in [-0.4, -0.2) is 11.7 Å². The molecule has 0 amide bonds. The Balaban J connectivity index is 1.75. The van der Waals surface area contributed by atoms with Crippen molar-refractivity contribution < 1.29 is 5.11 Å². The van der Waals surface area contributed by atoms with E-state index in [-0.39, 0.29) is 0 Å². The summed E-state index contributed by atoms with van der Waals surface area (Å²) in [7, 11) is 0. The van der Waals surface area contributed by atoms with Gasteiger partial charge in [-0.15, -0.1) is 0 Å². The second-order valence-electron chi connectivity index (χ2n) is 9.54. The number of aliphatic hydroxyl groups excluding tert-OH is 1. The van der Waals surface area contributed by atoms with Crippen LogP contribution in [0.2, 0.25) is 0 Å². The number of aliphatic hydroxyl groups is 1.